The Morgan fingerprint density at radius 2 is 1.89 bits per heavy atom. The minimum atomic E-state index is 0.302. The van der Waals surface area contributed by atoms with Crippen molar-refractivity contribution in [1.29, 1.82) is 0 Å². The van der Waals surface area contributed by atoms with Gasteiger partial charge in [0.1, 0.15) is 5.75 Å². The topological polar surface area (TPSA) is 61.0 Å². The molecule has 2 aromatic rings. The molecular formula is C14H17N3O. The van der Waals surface area contributed by atoms with E-state index in [0.29, 0.717) is 5.95 Å². The first-order valence-corrected chi connectivity index (χ1v) is 6.03. The van der Waals surface area contributed by atoms with Crippen molar-refractivity contribution in [2.24, 2.45) is 0 Å². The van der Waals surface area contributed by atoms with E-state index < -0.39 is 0 Å². The van der Waals surface area contributed by atoms with Crippen LogP contribution in [0.4, 0.5) is 5.95 Å². The number of aromatic nitrogens is 2. The molecule has 4 nitrogen and oxygen atoms in total. The third kappa shape index (κ3) is 2.97. The summed E-state index contributed by atoms with van der Waals surface area (Å²) in [6.07, 6.45) is 1.00. The summed E-state index contributed by atoms with van der Waals surface area (Å²) in [5, 5.41) is 0. The van der Waals surface area contributed by atoms with Gasteiger partial charge in [0.25, 0.3) is 0 Å². The normalized spacial score (nSPS) is 10.3. The van der Waals surface area contributed by atoms with E-state index in [2.05, 4.69) is 16.9 Å². The molecule has 2 rings (SSSR count). The number of ether oxygens (including phenoxy) is 1. The molecule has 1 aromatic carbocycles. The number of nitrogens with zero attached hydrogens (tertiary/aromatic N) is 2. The molecule has 0 radical (unpaired) electrons. The van der Waals surface area contributed by atoms with Crippen molar-refractivity contribution in [3.05, 3.63) is 36.0 Å². The number of benzene rings is 1. The van der Waals surface area contributed by atoms with Gasteiger partial charge in [-0.25, -0.2) is 9.97 Å². The molecule has 1 heterocycles. The molecule has 0 fully saturated rings. The van der Waals surface area contributed by atoms with Crippen molar-refractivity contribution >= 4 is 5.95 Å². The van der Waals surface area contributed by atoms with E-state index in [1.54, 1.807) is 0 Å². The highest BCUT2D eigenvalue weighted by Crippen LogP contribution is 2.21. The number of aryl methyl sites for hydroxylation is 1. The smallest absolute Gasteiger partial charge is 0.220 e. The molecule has 0 atom stereocenters. The molecule has 2 N–H and O–H groups in total. The summed E-state index contributed by atoms with van der Waals surface area (Å²) in [5.41, 5.74) is 8.36. The maximum atomic E-state index is 5.65. The number of anilines is 1. The van der Waals surface area contributed by atoms with Crippen molar-refractivity contribution in [3.8, 4) is 17.0 Å². The molecule has 0 unspecified atom stereocenters. The zero-order valence-corrected chi connectivity index (χ0v) is 10.7. The number of hydrogen-bond acceptors (Lipinski definition) is 4. The van der Waals surface area contributed by atoms with Crippen LogP contribution >= 0.6 is 0 Å². The fourth-order valence-corrected chi connectivity index (χ4v) is 1.68. The lowest BCUT2D eigenvalue weighted by molar-refractivity contribution is 0.317. The summed E-state index contributed by atoms with van der Waals surface area (Å²) < 4.78 is 5.54. The molecule has 1 aromatic heterocycles. The average Bonchev–Trinajstić information content (AvgIpc) is 2.36. The zero-order chi connectivity index (χ0) is 13.0. The van der Waals surface area contributed by atoms with Crippen molar-refractivity contribution in [2.45, 2.75) is 20.3 Å². The fraction of sp³-hybridized carbons (Fsp3) is 0.286. The van der Waals surface area contributed by atoms with Gasteiger partial charge in [0, 0.05) is 11.3 Å². The molecule has 0 saturated carbocycles. The summed E-state index contributed by atoms with van der Waals surface area (Å²) >= 11 is 0. The van der Waals surface area contributed by atoms with Gasteiger partial charge in [0.05, 0.1) is 12.3 Å². The highest BCUT2D eigenvalue weighted by Gasteiger charge is 2.03. The molecule has 4 heteroatoms. The Kier molecular flexibility index (Phi) is 3.77. The van der Waals surface area contributed by atoms with Gasteiger partial charge in [0.15, 0.2) is 0 Å². The Balaban J connectivity index is 2.23. The van der Waals surface area contributed by atoms with Gasteiger partial charge >= 0.3 is 0 Å². The van der Waals surface area contributed by atoms with E-state index in [-0.39, 0.29) is 0 Å². The lowest BCUT2D eigenvalue weighted by Gasteiger charge is -2.06. The van der Waals surface area contributed by atoms with Crippen LogP contribution in [0.25, 0.3) is 11.3 Å². The van der Waals surface area contributed by atoms with Crippen LogP contribution in [0.2, 0.25) is 0 Å². The third-order valence-corrected chi connectivity index (χ3v) is 2.49. The van der Waals surface area contributed by atoms with E-state index >= 15 is 0 Å². The molecule has 0 bridgehead atoms. The van der Waals surface area contributed by atoms with Crippen molar-refractivity contribution in [2.75, 3.05) is 12.3 Å². The van der Waals surface area contributed by atoms with Gasteiger partial charge in [-0.05, 0) is 43.7 Å². The Labute approximate surface area is 107 Å². The van der Waals surface area contributed by atoms with Crippen LogP contribution in [0.1, 0.15) is 19.0 Å². The fourth-order valence-electron chi connectivity index (χ4n) is 1.68. The predicted octanol–water partition coefficient (Wildman–Crippen LogP) is 2.82. The third-order valence-electron chi connectivity index (χ3n) is 2.49. The number of rotatable bonds is 4. The second kappa shape index (κ2) is 5.49. The van der Waals surface area contributed by atoms with Gasteiger partial charge < -0.3 is 10.5 Å². The Morgan fingerprint density at radius 3 is 2.50 bits per heavy atom. The molecule has 94 valence electrons. The standard InChI is InChI=1S/C14H17N3O/c1-3-8-18-12-6-4-11(5-7-12)13-9-10(2)16-14(15)17-13/h4-7,9H,3,8H2,1-2H3,(H2,15,16,17). The zero-order valence-electron chi connectivity index (χ0n) is 10.7. The summed E-state index contributed by atoms with van der Waals surface area (Å²) in [6.45, 7) is 4.72. The number of nitrogens with two attached hydrogens (primary N) is 1. The highest BCUT2D eigenvalue weighted by atomic mass is 16.5. The van der Waals surface area contributed by atoms with E-state index in [0.717, 1.165) is 35.7 Å². The minimum Gasteiger partial charge on any atom is -0.494 e. The first kappa shape index (κ1) is 12.4. The van der Waals surface area contributed by atoms with Crippen LogP contribution in [0.15, 0.2) is 30.3 Å². The Morgan fingerprint density at radius 1 is 1.17 bits per heavy atom. The monoisotopic (exact) mass is 243 g/mol. The summed E-state index contributed by atoms with van der Waals surface area (Å²) in [7, 11) is 0. The van der Waals surface area contributed by atoms with Crippen LogP contribution < -0.4 is 10.5 Å². The molecule has 0 amide bonds. The molecule has 0 aliphatic carbocycles. The number of hydrogen-bond donors (Lipinski definition) is 1. The summed E-state index contributed by atoms with van der Waals surface area (Å²) in [5.74, 6) is 1.18. The van der Waals surface area contributed by atoms with Gasteiger partial charge in [-0.1, -0.05) is 6.92 Å². The van der Waals surface area contributed by atoms with Crippen LogP contribution in [0, 0.1) is 6.92 Å². The van der Waals surface area contributed by atoms with Crippen molar-refractivity contribution < 1.29 is 4.74 Å². The molecular weight excluding hydrogens is 226 g/mol. The lowest BCUT2D eigenvalue weighted by atomic mass is 10.1. The van der Waals surface area contributed by atoms with E-state index in [4.69, 9.17) is 10.5 Å². The maximum absolute atomic E-state index is 5.65. The van der Waals surface area contributed by atoms with Gasteiger partial charge in [-0.2, -0.15) is 0 Å². The second-order valence-corrected chi connectivity index (χ2v) is 4.13. The lowest BCUT2D eigenvalue weighted by Crippen LogP contribution is -1.98. The highest BCUT2D eigenvalue weighted by molar-refractivity contribution is 5.61. The maximum Gasteiger partial charge on any atom is 0.220 e. The molecule has 18 heavy (non-hydrogen) atoms. The van der Waals surface area contributed by atoms with E-state index in [1.165, 1.54) is 0 Å². The Bertz CT molecular complexity index is 503. The van der Waals surface area contributed by atoms with Gasteiger partial charge in [-0.3, -0.25) is 0 Å². The average molecular weight is 243 g/mol. The van der Waals surface area contributed by atoms with Gasteiger partial charge in [-0.15, -0.1) is 0 Å². The first-order valence-electron chi connectivity index (χ1n) is 6.03. The quantitative estimate of drug-likeness (QED) is 0.897. The van der Waals surface area contributed by atoms with Gasteiger partial charge in [0.2, 0.25) is 5.95 Å². The summed E-state index contributed by atoms with van der Waals surface area (Å²) in [6, 6.07) is 9.76. The van der Waals surface area contributed by atoms with Crippen LogP contribution in [-0.4, -0.2) is 16.6 Å². The SMILES string of the molecule is CCCOc1ccc(-c2cc(C)nc(N)n2)cc1. The molecule has 0 spiro atoms. The first-order chi connectivity index (χ1) is 8.69. The van der Waals surface area contributed by atoms with Crippen LogP contribution in [-0.2, 0) is 0 Å². The second-order valence-electron chi connectivity index (χ2n) is 4.13. The van der Waals surface area contributed by atoms with E-state index in [1.807, 2.05) is 37.3 Å². The van der Waals surface area contributed by atoms with Crippen molar-refractivity contribution in [1.82, 2.24) is 9.97 Å². The van der Waals surface area contributed by atoms with Crippen molar-refractivity contribution in [3.63, 3.8) is 0 Å². The number of nitrogen functional groups attached to an aromatic ring is 1. The van der Waals surface area contributed by atoms with Crippen LogP contribution in [0.5, 0.6) is 5.75 Å². The molecule has 0 aliphatic heterocycles. The van der Waals surface area contributed by atoms with Crippen LogP contribution in [0.3, 0.4) is 0 Å². The molecule has 0 saturated heterocycles. The predicted molar refractivity (Wildman–Crippen MR) is 72.4 cm³/mol. The van der Waals surface area contributed by atoms with E-state index in [9.17, 15) is 0 Å². The largest absolute Gasteiger partial charge is 0.494 e. The summed E-state index contributed by atoms with van der Waals surface area (Å²) in [4.78, 5) is 8.28. The minimum absolute atomic E-state index is 0.302. The Hall–Kier alpha value is -2.10. The molecule has 0 aliphatic rings.